The fourth-order valence-electron chi connectivity index (χ4n) is 1.56. The number of ether oxygens (including phenoxy) is 2. The second-order valence-electron chi connectivity index (χ2n) is 3.61. The van der Waals surface area contributed by atoms with Crippen molar-refractivity contribution in [2.75, 3.05) is 13.2 Å². The van der Waals surface area contributed by atoms with Crippen LogP contribution in [-0.2, 0) is 4.74 Å². The fourth-order valence-corrected chi connectivity index (χ4v) is 1.80. The molecule has 0 amide bonds. The molecule has 2 rings (SSSR count). The van der Waals surface area contributed by atoms with Gasteiger partial charge in [0.2, 0.25) is 5.88 Å². The van der Waals surface area contributed by atoms with Crippen molar-refractivity contribution < 1.29 is 9.47 Å². The molecule has 0 aromatic carbocycles. The maximum Gasteiger partial charge on any atom is 0.213 e. The first-order valence-electron chi connectivity index (χ1n) is 5.20. The van der Waals surface area contributed by atoms with E-state index in [0.29, 0.717) is 12.5 Å². The normalized spacial score (nSPS) is 21.3. The topological polar surface area (TPSA) is 31.4 Å². The fraction of sp³-hybridized carbons (Fsp3) is 0.545. The molecule has 15 heavy (non-hydrogen) atoms. The van der Waals surface area contributed by atoms with Gasteiger partial charge < -0.3 is 9.47 Å². The molecule has 0 bridgehead atoms. The first-order valence-corrected chi connectivity index (χ1v) is 6.00. The molecule has 0 spiro atoms. The van der Waals surface area contributed by atoms with E-state index in [2.05, 4.69) is 20.9 Å². The summed E-state index contributed by atoms with van der Waals surface area (Å²) >= 11 is 3.33. The summed E-state index contributed by atoms with van der Waals surface area (Å²) in [5.74, 6) is 0.660. The van der Waals surface area contributed by atoms with Crippen LogP contribution in [0.4, 0.5) is 0 Å². The van der Waals surface area contributed by atoms with Crippen molar-refractivity contribution >= 4 is 15.9 Å². The monoisotopic (exact) mass is 271 g/mol. The minimum atomic E-state index is 0.240. The van der Waals surface area contributed by atoms with Gasteiger partial charge in [0.1, 0.15) is 6.61 Å². The first-order chi connectivity index (χ1) is 7.34. The molecule has 4 heteroatoms. The highest BCUT2D eigenvalue weighted by Crippen LogP contribution is 2.16. The lowest BCUT2D eigenvalue weighted by Gasteiger charge is -2.22. The van der Waals surface area contributed by atoms with Crippen LogP contribution in [0.2, 0.25) is 0 Å². The van der Waals surface area contributed by atoms with E-state index < -0.39 is 0 Å². The molecule has 1 atom stereocenters. The molecule has 1 aliphatic heterocycles. The molecule has 82 valence electrons. The van der Waals surface area contributed by atoms with E-state index in [0.717, 1.165) is 17.5 Å². The molecule has 0 aliphatic carbocycles. The molecule has 1 unspecified atom stereocenters. The quantitative estimate of drug-likeness (QED) is 0.847. The second kappa shape index (κ2) is 5.47. The van der Waals surface area contributed by atoms with Gasteiger partial charge in [0.15, 0.2) is 0 Å². The summed E-state index contributed by atoms with van der Waals surface area (Å²) in [4.78, 5) is 4.14. The Hall–Kier alpha value is -0.610. The average Bonchev–Trinajstić information content (AvgIpc) is 2.30. The van der Waals surface area contributed by atoms with Crippen LogP contribution in [0.5, 0.6) is 5.88 Å². The van der Waals surface area contributed by atoms with E-state index in [1.807, 2.05) is 12.1 Å². The van der Waals surface area contributed by atoms with Crippen LogP contribution >= 0.6 is 15.9 Å². The summed E-state index contributed by atoms with van der Waals surface area (Å²) in [5.41, 5.74) is 0. The summed E-state index contributed by atoms with van der Waals surface area (Å²) in [6.07, 6.45) is 5.48. The van der Waals surface area contributed by atoms with Crippen LogP contribution < -0.4 is 4.74 Å². The Bertz CT molecular complexity index is 296. The van der Waals surface area contributed by atoms with Gasteiger partial charge in [-0.3, -0.25) is 0 Å². The standard InChI is InChI=1S/C11H14BrNO2/c12-9-4-5-11(13-7-9)15-8-10-3-1-2-6-14-10/h4-5,7,10H,1-3,6,8H2. The Balaban J connectivity index is 1.79. The summed E-state index contributed by atoms with van der Waals surface area (Å²) in [5, 5.41) is 0. The van der Waals surface area contributed by atoms with Gasteiger partial charge in [-0.2, -0.15) is 0 Å². The maximum atomic E-state index is 5.56. The smallest absolute Gasteiger partial charge is 0.213 e. The number of halogens is 1. The second-order valence-corrected chi connectivity index (χ2v) is 4.53. The Labute approximate surface area is 97.9 Å². The van der Waals surface area contributed by atoms with Crippen molar-refractivity contribution in [1.82, 2.24) is 4.98 Å². The maximum absolute atomic E-state index is 5.56. The lowest BCUT2D eigenvalue weighted by atomic mass is 10.1. The minimum Gasteiger partial charge on any atom is -0.475 e. The predicted molar refractivity (Wildman–Crippen MR) is 61.0 cm³/mol. The van der Waals surface area contributed by atoms with Crippen LogP contribution in [-0.4, -0.2) is 24.3 Å². The lowest BCUT2D eigenvalue weighted by molar-refractivity contribution is -0.0119. The zero-order chi connectivity index (χ0) is 10.5. The van der Waals surface area contributed by atoms with Crippen molar-refractivity contribution in [2.45, 2.75) is 25.4 Å². The minimum absolute atomic E-state index is 0.240. The molecule has 1 aromatic heterocycles. The van der Waals surface area contributed by atoms with Crippen molar-refractivity contribution in [3.05, 3.63) is 22.8 Å². The molecule has 1 fully saturated rings. The van der Waals surface area contributed by atoms with Gasteiger partial charge in [-0.05, 0) is 41.3 Å². The third-order valence-electron chi connectivity index (χ3n) is 2.39. The molecular weight excluding hydrogens is 258 g/mol. The molecule has 3 nitrogen and oxygen atoms in total. The van der Waals surface area contributed by atoms with Crippen molar-refractivity contribution in [1.29, 1.82) is 0 Å². The first kappa shape index (κ1) is 10.9. The van der Waals surface area contributed by atoms with E-state index in [-0.39, 0.29) is 6.10 Å². The summed E-state index contributed by atoms with van der Waals surface area (Å²) in [7, 11) is 0. The molecule has 2 heterocycles. The van der Waals surface area contributed by atoms with E-state index in [1.165, 1.54) is 12.8 Å². The number of hydrogen-bond acceptors (Lipinski definition) is 3. The predicted octanol–water partition coefficient (Wildman–Crippen LogP) is 2.79. The largest absolute Gasteiger partial charge is 0.475 e. The highest BCUT2D eigenvalue weighted by molar-refractivity contribution is 9.10. The van der Waals surface area contributed by atoms with Gasteiger partial charge in [-0.1, -0.05) is 0 Å². The van der Waals surface area contributed by atoms with Gasteiger partial charge in [-0.15, -0.1) is 0 Å². The average molecular weight is 272 g/mol. The molecular formula is C11H14BrNO2. The van der Waals surface area contributed by atoms with Crippen molar-refractivity contribution in [3.8, 4) is 5.88 Å². The highest BCUT2D eigenvalue weighted by atomic mass is 79.9. The van der Waals surface area contributed by atoms with Gasteiger partial charge >= 0.3 is 0 Å². The summed E-state index contributed by atoms with van der Waals surface area (Å²) < 4.78 is 12.1. The molecule has 1 aromatic rings. The number of hydrogen-bond donors (Lipinski definition) is 0. The number of nitrogens with zero attached hydrogens (tertiary/aromatic N) is 1. The number of aromatic nitrogens is 1. The molecule has 0 N–H and O–H groups in total. The van der Waals surface area contributed by atoms with Crippen molar-refractivity contribution in [3.63, 3.8) is 0 Å². The van der Waals surface area contributed by atoms with Crippen LogP contribution in [0.1, 0.15) is 19.3 Å². The van der Waals surface area contributed by atoms with Gasteiger partial charge in [0, 0.05) is 23.3 Å². The zero-order valence-electron chi connectivity index (χ0n) is 8.49. The molecule has 1 aliphatic rings. The van der Waals surface area contributed by atoms with Gasteiger partial charge in [-0.25, -0.2) is 4.98 Å². The van der Waals surface area contributed by atoms with E-state index in [1.54, 1.807) is 6.20 Å². The third-order valence-corrected chi connectivity index (χ3v) is 2.86. The van der Waals surface area contributed by atoms with Gasteiger partial charge in [0.25, 0.3) is 0 Å². The SMILES string of the molecule is Brc1ccc(OCC2CCCCO2)nc1. The van der Waals surface area contributed by atoms with E-state index >= 15 is 0 Å². The van der Waals surface area contributed by atoms with Crippen LogP contribution in [0.3, 0.4) is 0 Å². The Morgan fingerprint density at radius 1 is 1.47 bits per heavy atom. The number of rotatable bonds is 3. The van der Waals surface area contributed by atoms with Gasteiger partial charge in [0.05, 0.1) is 6.10 Å². The zero-order valence-corrected chi connectivity index (χ0v) is 10.1. The number of pyridine rings is 1. The molecule has 0 saturated carbocycles. The molecule has 1 saturated heterocycles. The lowest BCUT2D eigenvalue weighted by Crippen LogP contribution is -2.25. The van der Waals surface area contributed by atoms with Crippen molar-refractivity contribution in [2.24, 2.45) is 0 Å². The molecule has 0 radical (unpaired) electrons. The Kier molecular flexibility index (Phi) is 3.97. The van der Waals surface area contributed by atoms with Crippen LogP contribution in [0.25, 0.3) is 0 Å². The Morgan fingerprint density at radius 2 is 2.40 bits per heavy atom. The summed E-state index contributed by atoms with van der Waals surface area (Å²) in [6, 6.07) is 3.77. The van der Waals surface area contributed by atoms with Crippen LogP contribution in [0.15, 0.2) is 22.8 Å². The highest BCUT2D eigenvalue weighted by Gasteiger charge is 2.14. The van der Waals surface area contributed by atoms with E-state index in [4.69, 9.17) is 9.47 Å². The van der Waals surface area contributed by atoms with Crippen LogP contribution in [0, 0.1) is 0 Å². The Morgan fingerprint density at radius 3 is 3.07 bits per heavy atom. The van der Waals surface area contributed by atoms with E-state index in [9.17, 15) is 0 Å². The summed E-state index contributed by atoms with van der Waals surface area (Å²) in [6.45, 7) is 1.47. The third kappa shape index (κ3) is 3.47.